The van der Waals surface area contributed by atoms with Gasteiger partial charge in [-0.25, -0.2) is 0 Å². The summed E-state index contributed by atoms with van der Waals surface area (Å²) in [7, 11) is 0. The largest absolute Gasteiger partial charge is 0.465 e. The number of rotatable bonds is 4. The predicted octanol–water partition coefficient (Wildman–Crippen LogP) is 2.31. The number of likely N-dealkylation sites (tertiary alicyclic amines) is 1. The maximum atomic E-state index is 12.2. The van der Waals surface area contributed by atoms with Gasteiger partial charge in [-0.05, 0) is 38.0 Å². The summed E-state index contributed by atoms with van der Waals surface area (Å²) in [6.45, 7) is 4.48. The van der Waals surface area contributed by atoms with E-state index in [-0.39, 0.29) is 5.91 Å². The minimum absolute atomic E-state index is 0.0341. The lowest BCUT2D eigenvalue weighted by atomic mass is 9.96. The van der Waals surface area contributed by atoms with E-state index in [2.05, 4.69) is 21.7 Å². The Kier molecular flexibility index (Phi) is 4.37. The van der Waals surface area contributed by atoms with E-state index in [0.29, 0.717) is 11.7 Å². The lowest BCUT2D eigenvalue weighted by Crippen LogP contribution is -2.37. The first kappa shape index (κ1) is 14.6. The standard InChI is InChI=1S/C16H20N4O2/c1-2-19-12-17-18-16(19)13-7-9-20(10-8-13)15(21)6-5-14-4-3-11-22-14/h3-6,11-13H,2,7-10H2,1H3/b6-5+. The first-order valence-corrected chi connectivity index (χ1v) is 7.66. The SMILES string of the molecule is CCn1cnnc1C1CCN(C(=O)/C=C/c2ccco2)CC1. The molecule has 3 rings (SSSR count). The molecule has 0 N–H and O–H groups in total. The summed E-state index contributed by atoms with van der Waals surface area (Å²) in [6, 6.07) is 3.63. The lowest BCUT2D eigenvalue weighted by Gasteiger charge is -2.30. The molecule has 1 aliphatic heterocycles. The molecule has 0 radical (unpaired) electrons. The molecule has 2 aromatic heterocycles. The second kappa shape index (κ2) is 6.60. The number of carbonyl (C=O) groups is 1. The Bertz CT molecular complexity index is 637. The molecule has 116 valence electrons. The summed E-state index contributed by atoms with van der Waals surface area (Å²) in [6.07, 6.45) is 8.52. The van der Waals surface area contributed by atoms with Crippen molar-refractivity contribution in [2.45, 2.75) is 32.2 Å². The van der Waals surface area contributed by atoms with E-state index in [1.165, 1.54) is 0 Å². The van der Waals surface area contributed by atoms with Crippen molar-refractivity contribution in [3.05, 3.63) is 42.4 Å². The zero-order valence-electron chi connectivity index (χ0n) is 12.7. The van der Waals surface area contributed by atoms with Gasteiger partial charge < -0.3 is 13.9 Å². The summed E-state index contributed by atoms with van der Waals surface area (Å²) in [5.41, 5.74) is 0. The highest BCUT2D eigenvalue weighted by atomic mass is 16.3. The highest BCUT2D eigenvalue weighted by Gasteiger charge is 2.25. The van der Waals surface area contributed by atoms with Crippen molar-refractivity contribution in [1.82, 2.24) is 19.7 Å². The Hall–Kier alpha value is -2.37. The van der Waals surface area contributed by atoms with Crippen LogP contribution in [0.25, 0.3) is 6.08 Å². The molecule has 22 heavy (non-hydrogen) atoms. The molecule has 0 saturated carbocycles. The van der Waals surface area contributed by atoms with Crippen LogP contribution in [0.2, 0.25) is 0 Å². The Morgan fingerprint density at radius 3 is 2.95 bits per heavy atom. The molecular weight excluding hydrogens is 280 g/mol. The average Bonchev–Trinajstić information content (AvgIpc) is 3.23. The smallest absolute Gasteiger partial charge is 0.246 e. The van der Waals surface area contributed by atoms with Crippen LogP contribution in [0.1, 0.15) is 37.3 Å². The van der Waals surface area contributed by atoms with Gasteiger partial charge in [0, 0.05) is 31.6 Å². The van der Waals surface area contributed by atoms with Crippen LogP contribution in [0, 0.1) is 0 Å². The number of hydrogen-bond donors (Lipinski definition) is 0. The minimum atomic E-state index is 0.0341. The third-order valence-electron chi connectivity index (χ3n) is 4.09. The fourth-order valence-electron chi connectivity index (χ4n) is 2.83. The Labute approximate surface area is 129 Å². The van der Waals surface area contributed by atoms with Gasteiger partial charge in [0.05, 0.1) is 6.26 Å². The number of carbonyl (C=O) groups excluding carboxylic acids is 1. The van der Waals surface area contributed by atoms with Crippen molar-refractivity contribution in [2.75, 3.05) is 13.1 Å². The maximum Gasteiger partial charge on any atom is 0.246 e. The minimum Gasteiger partial charge on any atom is -0.465 e. The van der Waals surface area contributed by atoms with Gasteiger partial charge in [-0.15, -0.1) is 10.2 Å². The molecular formula is C16H20N4O2. The fraction of sp³-hybridized carbons (Fsp3) is 0.438. The number of furan rings is 1. The van der Waals surface area contributed by atoms with Gasteiger partial charge in [0.15, 0.2) is 0 Å². The van der Waals surface area contributed by atoms with Crippen LogP contribution in [-0.4, -0.2) is 38.7 Å². The third kappa shape index (κ3) is 3.10. The molecule has 1 aliphatic rings. The molecule has 0 aliphatic carbocycles. The predicted molar refractivity (Wildman–Crippen MR) is 82.0 cm³/mol. The molecule has 0 spiro atoms. The van der Waals surface area contributed by atoms with Crippen LogP contribution < -0.4 is 0 Å². The van der Waals surface area contributed by atoms with Crippen molar-refractivity contribution >= 4 is 12.0 Å². The molecule has 2 aromatic rings. The second-order valence-corrected chi connectivity index (χ2v) is 5.42. The number of nitrogens with zero attached hydrogens (tertiary/aromatic N) is 4. The monoisotopic (exact) mass is 300 g/mol. The van der Waals surface area contributed by atoms with Crippen molar-refractivity contribution in [1.29, 1.82) is 0 Å². The van der Waals surface area contributed by atoms with Crippen LogP contribution in [0.4, 0.5) is 0 Å². The number of aryl methyl sites for hydroxylation is 1. The van der Waals surface area contributed by atoms with Gasteiger partial charge in [-0.2, -0.15) is 0 Å². The highest BCUT2D eigenvalue weighted by molar-refractivity contribution is 5.91. The number of piperidine rings is 1. The second-order valence-electron chi connectivity index (χ2n) is 5.42. The summed E-state index contributed by atoms with van der Waals surface area (Å²) in [5, 5.41) is 8.22. The van der Waals surface area contributed by atoms with Gasteiger partial charge >= 0.3 is 0 Å². The zero-order valence-corrected chi connectivity index (χ0v) is 12.7. The Balaban J connectivity index is 1.56. The fourth-order valence-corrected chi connectivity index (χ4v) is 2.83. The first-order valence-electron chi connectivity index (χ1n) is 7.66. The molecule has 1 amide bonds. The van der Waals surface area contributed by atoms with Crippen molar-refractivity contribution in [2.24, 2.45) is 0 Å². The summed E-state index contributed by atoms with van der Waals surface area (Å²) in [5.74, 6) is 2.16. The Morgan fingerprint density at radius 2 is 2.27 bits per heavy atom. The molecule has 6 heteroatoms. The maximum absolute atomic E-state index is 12.2. The lowest BCUT2D eigenvalue weighted by molar-refractivity contribution is -0.127. The van der Waals surface area contributed by atoms with Crippen LogP contribution in [0.3, 0.4) is 0 Å². The Morgan fingerprint density at radius 1 is 1.45 bits per heavy atom. The van der Waals surface area contributed by atoms with Crippen molar-refractivity contribution in [3.63, 3.8) is 0 Å². The number of amides is 1. The summed E-state index contributed by atoms with van der Waals surface area (Å²) in [4.78, 5) is 14.1. The van der Waals surface area contributed by atoms with Gasteiger partial charge in [0.25, 0.3) is 0 Å². The molecule has 0 atom stereocenters. The summed E-state index contributed by atoms with van der Waals surface area (Å²) < 4.78 is 7.27. The van der Waals surface area contributed by atoms with Gasteiger partial charge in [0.1, 0.15) is 17.9 Å². The van der Waals surface area contributed by atoms with Crippen molar-refractivity contribution < 1.29 is 9.21 Å². The van der Waals surface area contributed by atoms with Crippen LogP contribution in [0.5, 0.6) is 0 Å². The topological polar surface area (TPSA) is 64.2 Å². The first-order chi connectivity index (χ1) is 10.8. The van der Waals surface area contributed by atoms with E-state index < -0.39 is 0 Å². The number of aromatic nitrogens is 3. The third-order valence-corrected chi connectivity index (χ3v) is 4.09. The highest BCUT2D eigenvalue weighted by Crippen LogP contribution is 2.26. The van der Waals surface area contributed by atoms with E-state index in [9.17, 15) is 4.79 Å². The number of hydrogen-bond acceptors (Lipinski definition) is 4. The van der Waals surface area contributed by atoms with E-state index in [4.69, 9.17) is 4.42 Å². The van der Waals surface area contributed by atoms with E-state index >= 15 is 0 Å². The molecule has 1 fully saturated rings. The molecule has 6 nitrogen and oxygen atoms in total. The van der Waals surface area contributed by atoms with Crippen LogP contribution in [-0.2, 0) is 11.3 Å². The molecule has 1 saturated heterocycles. The summed E-state index contributed by atoms with van der Waals surface area (Å²) >= 11 is 0. The van der Waals surface area contributed by atoms with E-state index in [1.54, 1.807) is 30.8 Å². The van der Waals surface area contributed by atoms with E-state index in [1.807, 2.05) is 11.0 Å². The molecule has 3 heterocycles. The normalized spacial score (nSPS) is 16.5. The van der Waals surface area contributed by atoms with Gasteiger partial charge in [-0.1, -0.05) is 0 Å². The zero-order chi connectivity index (χ0) is 15.4. The van der Waals surface area contributed by atoms with E-state index in [0.717, 1.165) is 38.3 Å². The molecule has 0 unspecified atom stereocenters. The van der Waals surface area contributed by atoms with Crippen LogP contribution >= 0.6 is 0 Å². The van der Waals surface area contributed by atoms with Gasteiger partial charge in [-0.3, -0.25) is 4.79 Å². The van der Waals surface area contributed by atoms with Crippen LogP contribution in [0.15, 0.2) is 35.2 Å². The average molecular weight is 300 g/mol. The van der Waals surface area contributed by atoms with Crippen molar-refractivity contribution in [3.8, 4) is 0 Å². The molecule has 0 aromatic carbocycles. The molecule has 0 bridgehead atoms. The van der Waals surface area contributed by atoms with Gasteiger partial charge in [0.2, 0.25) is 5.91 Å². The quantitative estimate of drug-likeness (QED) is 0.813.